The van der Waals surface area contributed by atoms with E-state index in [1.54, 1.807) is 25.6 Å². The number of nitrogens with zero attached hydrogens (tertiary/aromatic N) is 3. The smallest absolute Gasteiger partial charge is 0.292 e. The normalized spacial score (nSPS) is 11.4. The number of carbonyl (C=O) groups is 1. The minimum atomic E-state index is -0.351. The predicted molar refractivity (Wildman–Crippen MR) is 124 cm³/mol. The number of carbonyl (C=O) groups excluding carboxylic acids is 1. The first-order valence-electron chi connectivity index (χ1n) is 10.4. The molecule has 0 radical (unpaired) electrons. The Hall–Kier alpha value is -4.13. The van der Waals surface area contributed by atoms with Gasteiger partial charge in [0.1, 0.15) is 11.3 Å². The number of benzene rings is 2. The Labute approximate surface area is 184 Å². The molecular formula is C25H22N4O3. The molecule has 1 N–H and O–H groups in total. The van der Waals surface area contributed by atoms with E-state index in [4.69, 9.17) is 9.15 Å². The highest BCUT2D eigenvalue weighted by molar-refractivity contribution is 6.13. The van der Waals surface area contributed by atoms with Gasteiger partial charge in [0, 0.05) is 28.4 Å². The van der Waals surface area contributed by atoms with Crippen LogP contribution in [0.3, 0.4) is 0 Å². The van der Waals surface area contributed by atoms with E-state index in [1.165, 1.54) is 0 Å². The van der Waals surface area contributed by atoms with Crippen LogP contribution in [0.4, 0.5) is 5.69 Å². The van der Waals surface area contributed by atoms with E-state index < -0.39 is 0 Å². The van der Waals surface area contributed by atoms with E-state index in [-0.39, 0.29) is 17.7 Å². The minimum Gasteiger partial charge on any atom is -0.497 e. The molecule has 1 amide bonds. The maximum absolute atomic E-state index is 13.3. The Morgan fingerprint density at radius 1 is 1.09 bits per heavy atom. The third kappa shape index (κ3) is 3.37. The van der Waals surface area contributed by atoms with E-state index in [0.717, 1.165) is 27.5 Å². The molecule has 3 aromatic heterocycles. The Bertz CT molecular complexity index is 1430. The molecule has 0 aliphatic carbocycles. The van der Waals surface area contributed by atoms with Crippen molar-refractivity contribution in [3.05, 3.63) is 72.8 Å². The molecule has 0 aliphatic rings. The SMILES string of the molecule is COc1ccc2c(-c3ccccc3)c(C(=O)Nc3cnc4c(cnn4C(C)C)c3)oc2c1. The van der Waals surface area contributed by atoms with Gasteiger partial charge in [-0.25, -0.2) is 9.67 Å². The van der Waals surface area contributed by atoms with E-state index in [0.29, 0.717) is 17.0 Å². The third-order valence-electron chi connectivity index (χ3n) is 5.35. The van der Waals surface area contributed by atoms with Crippen LogP contribution in [0.1, 0.15) is 30.4 Å². The number of hydrogen-bond donors (Lipinski definition) is 1. The number of furan rings is 1. The van der Waals surface area contributed by atoms with Gasteiger partial charge in [0.15, 0.2) is 5.65 Å². The number of amides is 1. The number of ether oxygens (including phenoxy) is 1. The monoisotopic (exact) mass is 426 g/mol. The van der Waals surface area contributed by atoms with Crippen LogP contribution >= 0.6 is 0 Å². The van der Waals surface area contributed by atoms with Crippen molar-refractivity contribution >= 4 is 33.6 Å². The second-order valence-electron chi connectivity index (χ2n) is 7.81. The zero-order chi connectivity index (χ0) is 22.2. The van der Waals surface area contributed by atoms with Crippen LogP contribution in [0.5, 0.6) is 5.75 Å². The topological polar surface area (TPSA) is 82.2 Å². The second kappa shape index (κ2) is 7.85. The van der Waals surface area contributed by atoms with Gasteiger partial charge in [-0.3, -0.25) is 4.79 Å². The summed E-state index contributed by atoms with van der Waals surface area (Å²) in [5, 5.41) is 9.01. The lowest BCUT2D eigenvalue weighted by molar-refractivity contribution is 0.0999. The summed E-state index contributed by atoms with van der Waals surface area (Å²) in [4.78, 5) is 17.8. The molecule has 0 fully saturated rings. The summed E-state index contributed by atoms with van der Waals surface area (Å²) in [5.74, 6) is 0.545. The molecule has 5 aromatic rings. The van der Waals surface area contributed by atoms with Crippen LogP contribution in [0.15, 0.2) is 71.4 Å². The van der Waals surface area contributed by atoms with E-state index in [1.807, 2.05) is 67.1 Å². The van der Waals surface area contributed by atoms with Crippen molar-refractivity contribution < 1.29 is 13.9 Å². The standard InChI is InChI=1S/C25H22N4O3/c1-15(2)29-24-17(13-27-29)11-18(14-26-24)28-25(30)23-22(16-7-5-4-6-8-16)20-10-9-19(31-3)12-21(20)32-23/h4-15H,1-3H3,(H,28,30). The van der Waals surface area contributed by atoms with Gasteiger partial charge in [0.2, 0.25) is 5.76 Å². The Morgan fingerprint density at radius 3 is 2.66 bits per heavy atom. The molecule has 0 spiro atoms. The zero-order valence-electron chi connectivity index (χ0n) is 18.0. The fraction of sp³-hybridized carbons (Fsp3) is 0.160. The highest BCUT2D eigenvalue weighted by Gasteiger charge is 2.23. The number of anilines is 1. The lowest BCUT2D eigenvalue weighted by Gasteiger charge is -2.08. The molecule has 0 atom stereocenters. The molecule has 7 nitrogen and oxygen atoms in total. The molecule has 7 heteroatoms. The van der Waals surface area contributed by atoms with Crippen LogP contribution in [0.2, 0.25) is 0 Å². The van der Waals surface area contributed by atoms with Gasteiger partial charge in [-0.1, -0.05) is 30.3 Å². The first kappa shape index (κ1) is 19.8. The Kier molecular flexibility index (Phi) is 4.86. The van der Waals surface area contributed by atoms with Gasteiger partial charge in [-0.05, 0) is 37.6 Å². The van der Waals surface area contributed by atoms with Crippen molar-refractivity contribution in [2.45, 2.75) is 19.9 Å². The summed E-state index contributed by atoms with van der Waals surface area (Å²) in [6.07, 6.45) is 3.38. The Balaban J connectivity index is 1.56. The third-order valence-corrected chi connectivity index (χ3v) is 5.35. The summed E-state index contributed by atoms with van der Waals surface area (Å²) in [7, 11) is 1.60. The maximum Gasteiger partial charge on any atom is 0.292 e. The predicted octanol–water partition coefficient (Wildman–Crippen LogP) is 5.69. The summed E-state index contributed by atoms with van der Waals surface area (Å²) < 4.78 is 13.2. The number of rotatable bonds is 5. The van der Waals surface area contributed by atoms with Gasteiger partial charge in [0.05, 0.1) is 25.2 Å². The average molecular weight is 426 g/mol. The minimum absolute atomic E-state index is 0.196. The lowest BCUT2D eigenvalue weighted by atomic mass is 10.0. The Morgan fingerprint density at radius 2 is 1.91 bits per heavy atom. The fourth-order valence-corrected chi connectivity index (χ4v) is 3.83. The van der Waals surface area contributed by atoms with Crippen molar-refractivity contribution in [1.82, 2.24) is 14.8 Å². The van der Waals surface area contributed by atoms with E-state index >= 15 is 0 Å². The molecule has 0 aliphatic heterocycles. The number of aromatic nitrogens is 3. The van der Waals surface area contributed by atoms with Crippen LogP contribution in [-0.2, 0) is 0 Å². The molecule has 0 saturated carbocycles. The molecule has 0 unspecified atom stereocenters. The van der Waals surface area contributed by atoms with Gasteiger partial charge >= 0.3 is 0 Å². The van der Waals surface area contributed by atoms with E-state index in [2.05, 4.69) is 15.4 Å². The lowest BCUT2D eigenvalue weighted by Crippen LogP contribution is -2.12. The van der Waals surface area contributed by atoms with E-state index in [9.17, 15) is 4.79 Å². The van der Waals surface area contributed by atoms with Gasteiger partial charge in [0.25, 0.3) is 5.91 Å². The van der Waals surface area contributed by atoms with Crippen molar-refractivity contribution in [2.75, 3.05) is 12.4 Å². The summed E-state index contributed by atoms with van der Waals surface area (Å²) >= 11 is 0. The van der Waals surface area contributed by atoms with Crippen molar-refractivity contribution in [1.29, 1.82) is 0 Å². The number of hydrogen-bond acceptors (Lipinski definition) is 5. The first-order valence-corrected chi connectivity index (χ1v) is 10.4. The summed E-state index contributed by atoms with van der Waals surface area (Å²) in [5.41, 5.74) is 3.57. The second-order valence-corrected chi connectivity index (χ2v) is 7.81. The molecule has 3 heterocycles. The van der Waals surface area contributed by atoms with Crippen molar-refractivity contribution in [3.8, 4) is 16.9 Å². The largest absolute Gasteiger partial charge is 0.497 e. The number of pyridine rings is 1. The fourth-order valence-electron chi connectivity index (χ4n) is 3.83. The van der Waals surface area contributed by atoms with Crippen LogP contribution in [-0.4, -0.2) is 27.8 Å². The van der Waals surface area contributed by atoms with Crippen LogP contribution in [0, 0.1) is 0 Å². The molecule has 32 heavy (non-hydrogen) atoms. The summed E-state index contributed by atoms with van der Waals surface area (Å²) in [6.45, 7) is 4.09. The molecule has 0 saturated heterocycles. The number of nitrogens with one attached hydrogen (secondary N) is 1. The van der Waals surface area contributed by atoms with Crippen molar-refractivity contribution in [2.24, 2.45) is 0 Å². The van der Waals surface area contributed by atoms with Crippen LogP contribution < -0.4 is 10.1 Å². The molecular weight excluding hydrogens is 404 g/mol. The molecule has 160 valence electrons. The zero-order valence-corrected chi connectivity index (χ0v) is 18.0. The number of methoxy groups -OCH3 is 1. The number of fused-ring (bicyclic) bond motifs is 2. The first-order chi connectivity index (χ1) is 15.5. The highest BCUT2D eigenvalue weighted by Crippen LogP contribution is 2.37. The van der Waals surface area contributed by atoms with Crippen LogP contribution in [0.25, 0.3) is 33.1 Å². The van der Waals surface area contributed by atoms with Gasteiger partial charge < -0.3 is 14.5 Å². The highest BCUT2D eigenvalue weighted by atomic mass is 16.5. The maximum atomic E-state index is 13.3. The molecule has 5 rings (SSSR count). The van der Waals surface area contributed by atoms with Gasteiger partial charge in [-0.15, -0.1) is 0 Å². The average Bonchev–Trinajstić information content (AvgIpc) is 3.40. The molecule has 2 aromatic carbocycles. The van der Waals surface area contributed by atoms with Gasteiger partial charge in [-0.2, -0.15) is 5.10 Å². The summed E-state index contributed by atoms with van der Waals surface area (Å²) in [6, 6.07) is 17.3. The van der Waals surface area contributed by atoms with Crippen molar-refractivity contribution in [3.63, 3.8) is 0 Å². The molecule has 0 bridgehead atoms. The quantitative estimate of drug-likeness (QED) is 0.391.